The first-order valence-electron chi connectivity index (χ1n) is 6.43. The number of nitrogens with zero attached hydrogens (tertiary/aromatic N) is 1. The minimum atomic E-state index is -4.09. The Kier molecular flexibility index (Phi) is 4.55. The summed E-state index contributed by atoms with van der Waals surface area (Å²) in [4.78, 5) is 10.6. The van der Waals surface area contributed by atoms with E-state index in [1.54, 1.807) is 6.92 Å². The second-order valence-corrected chi connectivity index (χ2v) is 7.41. The van der Waals surface area contributed by atoms with Crippen molar-refractivity contribution in [2.75, 3.05) is 6.54 Å². The van der Waals surface area contributed by atoms with E-state index >= 15 is 0 Å². The molecule has 2 atom stereocenters. The number of benzene rings is 1. The minimum absolute atomic E-state index is 0.0987. The van der Waals surface area contributed by atoms with Crippen LogP contribution in [-0.2, 0) is 14.8 Å². The summed E-state index contributed by atoms with van der Waals surface area (Å²) < 4.78 is 40.0. The molecule has 1 aliphatic heterocycles. The van der Waals surface area contributed by atoms with Gasteiger partial charge in [0.15, 0.2) is 0 Å². The van der Waals surface area contributed by atoms with Gasteiger partial charge >= 0.3 is 5.97 Å². The lowest BCUT2D eigenvalue weighted by atomic mass is 9.96. The van der Waals surface area contributed by atoms with E-state index in [9.17, 15) is 17.6 Å². The molecule has 2 unspecified atom stereocenters. The number of hydrogen-bond donors (Lipinski definition) is 1. The fourth-order valence-electron chi connectivity index (χ4n) is 2.42. The van der Waals surface area contributed by atoms with Gasteiger partial charge in [-0.1, -0.05) is 11.6 Å². The highest BCUT2D eigenvalue weighted by molar-refractivity contribution is 7.89. The summed E-state index contributed by atoms with van der Waals surface area (Å²) in [5.41, 5.74) is 0. The number of carboxylic acid groups (broad SMARTS) is 1. The highest BCUT2D eigenvalue weighted by Crippen LogP contribution is 2.30. The molecule has 0 aliphatic carbocycles. The van der Waals surface area contributed by atoms with Gasteiger partial charge in [-0.3, -0.25) is 4.79 Å². The summed E-state index contributed by atoms with van der Waals surface area (Å²) in [6, 6.07) is 2.95. The average Bonchev–Trinajstić information content (AvgIpc) is 2.38. The third-order valence-electron chi connectivity index (χ3n) is 3.65. The van der Waals surface area contributed by atoms with Gasteiger partial charge in [0.2, 0.25) is 10.0 Å². The van der Waals surface area contributed by atoms with Crippen LogP contribution < -0.4 is 0 Å². The molecular formula is C13H15ClFNO4S. The molecule has 1 fully saturated rings. The van der Waals surface area contributed by atoms with Crippen LogP contribution in [0.2, 0.25) is 5.02 Å². The summed E-state index contributed by atoms with van der Waals surface area (Å²) >= 11 is 5.62. The first-order valence-corrected chi connectivity index (χ1v) is 8.25. The largest absolute Gasteiger partial charge is 0.481 e. The van der Waals surface area contributed by atoms with Crippen LogP contribution in [-0.4, -0.2) is 36.4 Å². The maximum Gasteiger partial charge on any atom is 0.307 e. The molecule has 0 amide bonds. The Balaban J connectivity index is 2.39. The molecule has 1 aliphatic rings. The summed E-state index contributed by atoms with van der Waals surface area (Å²) in [6.07, 6.45) is 0.830. The third-order valence-corrected chi connectivity index (χ3v) is 5.90. The molecule has 1 heterocycles. The normalized spacial score (nSPS) is 24.0. The van der Waals surface area contributed by atoms with Crippen LogP contribution in [0.5, 0.6) is 0 Å². The first-order chi connectivity index (χ1) is 9.73. The van der Waals surface area contributed by atoms with Gasteiger partial charge in [-0.2, -0.15) is 4.31 Å². The van der Waals surface area contributed by atoms with E-state index in [2.05, 4.69) is 0 Å². The quantitative estimate of drug-likeness (QED) is 0.920. The summed E-state index contributed by atoms with van der Waals surface area (Å²) in [5.74, 6) is -2.75. The smallest absolute Gasteiger partial charge is 0.307 e. The molecule has 0 aromatic heterocycles. The predicted molar refractivity (Wildman–Crippen MR) is 75.1 cm³/mol. The summed E-state index contributed by atoms with van der Waals surface area (Å²) in [6.45, 7) is 1.53. The van der Waals surface area contributed by atoms with E-state index in [4.69, 9.17) is 16.7 Å². The van der Waals surface area contributed by atoms with Crippen LogP contribution in [0.15, 0.2) is 23.1 Å². The SMILES string of the molecule is CC1CCC(C(=O)O)CN1S(=O)(=O)c1ccc(Cl)cc1F. The van der Waals surface area contributed by atoms with E-state index in [0.29, 0.717) is 12.8 Å². The monoisotopic (exact) mass is 335 g/mol. The van der Waals surface area contributed by atoms with Gasteiger partial charge in [-0.25, -0.2) is 12.8 Å². The fraction of sp³-hybridized carbons (Fsp3) is 0.462. The van der Waals surface area contributed by atoms with Gasteiger partial charge in [-0.15, -0.1) is 0 Å². The van der Waals surface area contributed by atoms with Crippen molar-refractivity contribution < 1.29 is 22.7 Å². The number of aliphatic carboxylic acids is 1. The molecular weight excluding hydrogens is 321 g/mol. The average molecular weight is 336 g/mol. The summed E-state index contributed by atoms with van der Waals surface area (Å²) in [7, 11) is -4.09. The van der Waals surface area contributed by atoms with Gasteiger partial charge in [-0.05, 0) is 38.0 Å². The standard InChI is InChI=1S/C13H15ClFNO4S/c1-8-2-3-9(13(17)18)7-16(8)21(19,20)12-5-4-10(14)6-11(12)15/h4-6,8-9H,2-3,7H2,1H3,(H,17,18). The molecule has 5 nitrogen and oxygen atoms in total. The highest BCUT2D eigenvalue weighted by atomic mass is 35.5. The Bertz CT molecular complexity index is 664. The van der Waals surface area contributed by atoms with Gasteiger partial charge in [0, 0.05) is 17.6 Å². The minimum Gasteiger partial charge on any atom is -0.481 e. The second kappa shape index (κ2) is 5.90. The van der Waals surface area contributed by atoms with Crippen molar-refractivity contribution in [3.05, 3.63) is 29.0 Å². The van der Waals surface area contributed by atoms with Crippen LogP contribution in [0.1, 0.15) is 19.8 Å². The van der Waals surface area contributed by atoms with E-state index in [1.807, 2.05) is 0 Å². The molecule has 0 spiro atoms. The van der Waals surface area contributed by atoms with Crippen LogP contribution in [0.3, 0.4) is 0 Å². The molecule has 2 rings (SSSR count). The number of carbonyl (C=O) groups is 1. The second-order valence-electron chi connectivity index (χ2n) is 5.11. The van der Waals surface area contributed by atoms with Crippen LogP contribution >= 0.6 is 11.6 Å². The maximum absolute atomic E-state index is 13.9. The van der Waals surface area contributed by atoms with Crippen molar-refractivity contribution in [2.45, 2.75) is 30.7 Å². The van der Waals surface area contributed by atoms with Crippen molar-refractivity contribution in [1.82, 2.24) is 4.31 Å². The van der Waals surface area contributed by atoms with Gasteiger partial charge in [0.05, 0.1) is 5.92 Å². The Labute approximate surface area is 127 Å². The molecule has 1 N–H and O–H groups in total. The Hall–Kier alpha value is -1.18. The van der Waals surface area contributed by atoms with Gasteiger partial charge < -0.3 is 5.11 Å². The molecule has 0 radical (unpaired) electrons. The number of halogens is 2. The number of rotatable bonds is 3. The Morgan fingerprint density at radius 2 is 2.10 bits per heavy atom. The topological polar surface area (TPSA) is 74.7 Å². The molecule has 1 aromatic rings. The van der Waals surface area contributed by atoms with Crippen molar-refractivity contribution in [2.24, 2.45) is 5.92 Å². The van der Waals surface area contributed by atoms with Gasteiger partial charge in [0.1, 0.15) is 10.7 Å². The van der Waals surface area contributed by atoms with Crippen molar-refractivity contribution in [3.8, 4) is 0 Å². The van der Waals surface area contributed by atoms with E-state index < -0.39 is 32.6 Å². The molecule has 116 valence electrons. The maximum atomic E-state index is 13.9. The fourth-order valence-corrected chi connectivity index (χ4v) is 4.33. The van der Waals surface area contributed by atoms with Crippen molar-refractivity contribution in [1.29, 1.82) is 0 Å². The van der Waals surface area contributed by atoms with E-state index in [-0.39, 0.29) is 17.6 Å². The zero-order valence-corrected chi connectivity index (χ0v) is 12.9. The van der Waals surface area contributed by atoms with Crippen molar-refractivity contribution >= 4 is 27.6 Å². The third kappa shape index (κ3) is 3.20. The number of hydrogen-bond acceptors (Lipinski definition) is 3. The molecule has 1 aromatic carbocycles. The van der Waals surface area contributed by atoms with E-state index in [0.717, 1.165) is 16.4 Å². The van der Waals surface area contributed by atoms with E-state index in [1.165, 1.54) is 6.07 Å². The van der Waals surface area contributed by atoms with Crippen LogP contribution in [0.25, 0.3) is 0 Å². The Morgan fingerprint density at radius 1 is 1.43 bits per heavy atom. The van der Waals surface area contributed by atoms with Crippen LogP contribution in [0.4, 0.5) is 4.39 Å². The van der Waals surface area contributed by atoms with Gasteiger partial charge in [0.25, 0.3) is 0 Å². The van der Waals surface area contributed by atoms with Crippen molar-refractivity contribution in [3.63, 3.8) is 0 Å². The highest BCUT2D eigenvalue weighted by Gasteiger charge is 2.38. The number of piperidine rings is 1. The lowest BCUT2D eigenvalue weighted by Gasteiger charge is -2.35. The zero-order chi connectivity index (χ0) is 15.8. The van der Waals surface area contributed by atoms with Crippen LogP contribution in [0, 0.1) is 11.7 Å². The molecule has 0 saturated carbocycles. The number of carboxylic acids is 1. The Morgan fingerprint density at radius 3 is 2.67 bits per heavy atom. The predicted octanol–water partition coefficient (Wildman–Crippen LogP) is 2.35. The molecule has 0 bridgehead atoms. The molecule has 1 saturated heterocycles. The lowest BCUT2D eigenvalue weighted by Crippen LogP contribution is -2.47. The lowest BCUT2D eigenvalue weighted by molar-refractivity contribution is -0.143. The zero-order valence-electron chi connectivity index (χ0n) is 11.3. The first kappa shape index (κ1) is 16.2. The molecule has 8 heteroatoms. The molecule has 21 heavy (non-hydrogen) atoms. The number of sulfonamides is 1. The summed E-state index contributed by atoms with van der Waals surface area (Å²) in [5, 5.41) is 9.16.